The Bertz CT molecular complexity index is 1080. The van der Waals surface area contributed by atoms with Crippen LogP contribution in [-0.4, -0.2) is 120 Å². The molecule has 11 heteroatoms. The van der Waals surface area contributed by atoms with Gasteiger partial charge in [0.15, 0.2) is 0 Å². The molecule has 2 rings (SSSR count). The molecular weight excluding hydrogens is 693 g/mol. The first-order valence-corrected chi connectivity index (χ1v) is 21.8. The van der Waals surface area contributed by atoms with Gasteiger partial charge in [-0.15, -0.1) is 0 Å². The molecular formula is C42H70O10Si. The Labute approximate surface area is 321 Å². The summed E-state index contributed by atoms with van der Waals surface area (Å²) >= 11 is 0. The van der Waals surface area contributed by atoms with Crippen LogP contribution in [0.2, 0.25) is 5.04 Å². The first kappa shape index (κ1) is 47.0. The topological polar surface area (TPSA) is 100 Å². The van der Waals surface area contributed by atoms with E-state index in [1.54, 1.807) is 0 Å². The third kappa shape index (κ3) is 21.5. The summed E-state index contributed by atoms with van der Waals surface area (Å²) in [5, 5.41) is 2.48. The third-order valence-corrected chi connectivity index (χ3v) is 13.7. The quantitative estimate of drug-likeness (QED) is 0.0448. The van der Waals surface area contributed by atoms with Gasteiger partial charge < -0.3 is 42.3 Å². The zero-order chi connectivity index (χ0) is 38.1. The molecule has 0 heterocycles. The number of carbonyl (C=O) groups excluding carboxylic acids is 1. The molecule has 0 aliphatic carbocycles. The van der Waals surface area contributed by atoms with Gasteiger partial charge in [0, 0.05) is 6.42 Å². The minimum absolute atomic E-state index is 0.0570. The van der Waals surface area contributed by atoms with E-state index in [1.165, 1.54) is 42.5 Å². The number of unbranched alkanes of at least 4 members (excludes halogenated alkanes) is 6. The lowest BCUT2D eigenvalue weighted by atomic mass is 10.1. The van der Waals surface area contributed by atoms with E-state index in [2.05, 4.69) is 88.4 Å². The second-order valence-corrected chi connectivity index (χ2v) is 18.2. The van der Waals surface area contributed by atoms with Crippen molar-refractivity contribution in [2.75, 3.05) is 106 Å². The average Bonchev–Trinajstić information content (AvgIpc) is 3.16. The van der Waals surface area contributed by atoms with Gasteiger partial charge in [-0.05, 0) is 21.8 Å². The lowest BCUT2D eigenvalue weighted by Gasteiger charge is -2.43. The fourth-order valence-corrected chi connectivity index (χ4v) is 10.5. The van der Waals surface area contributed by atoms with Crippen molar-refractivity contribution in [1.82, 2.24) is 0 Å². The first-order valence-electron chi connectivity index (χ1n) is 19.9. The number of esters is 1. The second-order valence-electron chi connectivity index (χ2n) is 13.9. The highest BCUT2D eigenvalue weighted by Crippen LogP contribution is 2.36. The van der Waals surface area contributed by atoms with Crippen LogP contribution < -0.4 is 10.4 Å². The lowest BCUT2D eigenvalue weighted by Crippen LogP contribution is -2.66. The number of hydrogen-bond acceptors (Lipinski definition) is 10. The molecule has 2 aromatic carbocycles. The van der Waals surface area contributed by atoms with Crippen molar-refractivity contribution < 1.29 is 47.1 Å². The standard InChI is InChI=1S/C42H70O10Si/c1-5-6-7-8-9-10-17-22-41(43)51-37-35-49-33-31-47-29-27-45-25-23-44-24-26-46-28-30-48-32-34-50-36-38-52-53(42(2,3)4,39-18-13-11-14-19-39)40-20-15-12-16-21-40/h11-16,18-21H,5-10,17,22-38H2,1-4H3. The number of hydrogen-bond donors (Lipinski definition) is 0. The lowest BCUT2D eigenvalue weighted by molar-refractivity contribution is -0.145. The number of carbonyl (C=O) groups is 1. The van der Waals surface area contributed by atoms with E-state index in [0.717, 1.165) is 12.8 Å². The van der Waals surface area contributed by atoms with Gasteiger partial charge in [0.2, 0.25) is 0 Å². The summed E-state index contributed by atoms with van der Waals surface area (Å²) < 4.78 is 51.2. The normalized spacial score (nSPS) is 12.0. The number of benzene rings is 2. The molecule has 53 heavy (non-hydrogen) atoms. The minimum Gasteiger partial charge on any atom is -0.463 e. The van der Waals surface area contributed by atoms with Gasteiger partial charge in [-0.25, -0.2) is 0 Å². The van der Waals surface area contributed by atoms with Crippen molar-refractivity contribution in [3.05, 3.63) is 60.7 Å². The van der Waals surface area contributed by atoms with Crippen molar-refractivity contribution in [3.8, 4) is 0 Å². The van der Waals surface area contributed by atoms with Crippen molar-refractivity contribution in [2.24, 2.45) is 0 Å². The maximum atomic E-state index is 11.8. The Balaban J connectivity index is 1.33. The van der Waals surface area contributed by atoms with Crippen LogP contribution in [0.3, 0.4) is 0 Å². The molecule has 0 spiro atoms. The summed E-state index contributed by atoms with van der Waals surface area (Å²) in [5.41, 5.74) is 0. The van der Waals surface area contributed by atoms with Crippen LogP contribution in [0.25, 0.3) is 0 Å². The molecule has 0 radical (unpaired) electrons. The first-order chi connectivity index (χ1) is 25.9. The highest BCUT2D eigenvalue weighted by molar-refractivity contribution is 6.99. The molecule has 0 fully saturated rings. The van der Waals surface area contributed by atoms with Gasteiger partial charge in [0.25, 0.3) is 8.32 Å². The Morgan fingerprint density at radius 3 is 1.19 bits per heavy atom. The number of rotatable bonds is 35. The molecule has 0 aliphatic rings. The van der Waals surface area contributed by atoms with Crippen LogP contribution in [0.15, 0.2) is 60.7 Å². The van der Waals surface area contributed by atoms with Gasteiger partial charge in [-0.3, -0.25) is 4.79 Å². The van der Waals surface area contributed by atoms with Gasteiger partial charge in [0.1, 0.15) is 6.61 Å². The van der Waals surface area contributed by atoms with Crippen molar-refractivity contribution in [3.63, 3.8) is 0 Å². The molecule has 0 N–H and O–H groups in total. The van der Waals surface area contributed by atoms with E-state index in [-0.39, 0.29) is 17.6 Å². The molecule has 0 bridgehead atoms. The Morgan fingerprint density at radius 2 is 0.811 bits per heavy atom. The van der Waals surface area contributed by atoms with Crippen molar-refractivity contribution in [2.45, 2.75) is 84.1 Å². The van der Waals surface area contributed by atoms with Gasteiger partial charge >= 0.3 is 5.97 Å². The summed E-state index contributed by atoms with van der Waals surface area (Å²) in [4.78, 5) is 11.8. The average molecular weight is 763 g/mol. The van der Waals surface area contributed by atoms with Crippen LogP contribution >= 0.6 is 0 Å². The summed E-state index contributed by atoms with van der Waals surface area (Å²) in [6.07, 6.45) is 8.80. The van der Waals surface area contributed by atoms with E-state index in [4.69, 9.17) is 42.3 Å². The molecule has 0 saturated heterocycles. The van der Waals surface area contributed by atoms with E-state index in [1.807, 2.05) is 0 Å². The van der Waals surface area contributed by atoms with E-state index < -0.39 is 8.32 Å². The zero-order valence-corrected chi connectivity index (χ0v) is 34.3. The Kier molecular flexibility index (Phi) is 27.5. The van der Waals surface area contributed by atoms with E-state index in [0.29, 0.717) is 106 Å². The Hall–Kier alpha value is -2.19. The molecule has 2 aromatic rings. The predicted octanol–water partition coefficient (Wildman–Crippen LogP) is 6.36. The van der Waals surface area contributed by atoms with Crippen LogP contribution in [0.4, 0.5) is 0 Å². The second kappa shape index (κ2) is 31.1. The highest BCUT2D eigenvalue weighted by atomic mass is 28.4. The molecule has 10 nitrogen and oxygen atoms in total. The van der Waals surface area contributed by atoms with Crippen LogP contribution in [0.1, 0.15) is 79.1 Å². The molecule has 0 saturated carbocycles. The zero-order valence-electron chi connectivity index (χ0n) is 33.3. The predicted molar refractivity (Wildman–Crippen MR) is 213 cm³/mol. The summed E-state index contributed by atoms with van der Waals surface area (Å²) in [7, 11) is -2.54. The maximum absolute atomic E-state index is 11.8. The summed E-state index contributed by atoms with van der Waals surface area (Å²) in [6, 6.07) is 21.3. The van der Waals surface area contributed by atoms with Crippen LogP contribution in [0, 0.1) is 0 Å². The van der Waals surface area contributed by atoms with Crippen LogP contribution in [0.5, 0.6) is 0 Å². The summed E-state index contributed by atoms with van der Waals surface area (Å²) in [5.74, 6) is -0.139. The molecule has 0 unspecified atom stereocenters. The molecule has 0 aromatic heterocycles. The minimum atomic E-state index is -2.54. The fourth-order valence-electron chi connectivity index (χ4n) is 5.95. The van der Waals surface area contributed by atoms with Gasteiger partial charge in [0.05, 0.1) is 99.1 Å². The highest BCUT2D eigenvalue weighted by Gasteiger charge is 2.50. The van der Waals surface area contributed by atoms with Crippen molar-refractivity contribution >= 4 is 24.7 Å². The van der Waals surface area contributed by atoms with Crippen molar-refractivity contribution in [1.29, 1.82) is 0 Å². The monoisotopic (exact) mass is 762 g/mol. The summed E-state index contributed by atoms with van der Waals surface area (Å²) in [6.45, 7) is 16.7. The van der Waals surface area contributed by atoms with E-state index in [9.17, 15) is 4.79 Å². The SMILES string of the molecule is CCCCCCCCCC(=O)OCCOCCOCCOCCOCCOCCOCCOCCO[Si](c1ccccc1)(c1ccccc1)C(C)(C)C. The molecule has 0 aliphatic heterocycles. The molecule has 0 amide bonds. The van der Waals surface area contributed by atoms with E-state index >= 15 is 0 Å². The van der Waals surface area contributed by atoms with Gasteiger partial charge in [-0.2, -0.15) is 0 Å². The third-order valence-electron chi connectivity index (χ3n) is 8.67. The van der Waals surface area contributed by atoms with Crippen LogP contribution in [-0.2, 0) is 47.1 Å². The van der Waals surface area contributed by atoms with Gasteiger partial charge in [-0.1, -0.05) is 127 Å². The Morgan fingerprint density at radius 1 is 0.472 bits per heavy atom. The molecule has 302 valence electrons. The largest absolute Gasteiger partial charge is 0.463 e. The molecule has 0 atom stereocenters. The maximum Gasteiger partial charge on any atom is 0.305 e. The number of ether oxygens (including phenoxy) is 8. The smallest absolute Gasteiger partial charge is 0.305 e. The fraction of sp³-hybridized carbons (Fsp3) is 0.690.